The Morgan fingerprint density at radius 2 is 1.50 bits per heavy atom. The maximum absolute atomic E-state index is 11.9. The summed E-state index contributed by atoms with van der Waals surface area (Å²) in [6.07, 6.45) is 2.87. The molecule has 0 aliphatic rings. The van der Waals surface area contributed by atoms with Crippen molar-refractivity contribution < 1.29 is 19.1 Å². The third-order valence-electron chi connectivity index (χ3n) is 4.72. The van der Waals surface area contributed by atoms with Crippen LogP contribution < -0.4 is 0 Å². The molecule has 0 aromatic heterocycles. The van der Waals surface area contributed by atoms with Crippen LogP contribution in [0.2, 0.25) is 0 Å². The second-order valence-electron chi connectivity index (χ2n) is 8.53. The van der Waals surface area contributed by atoms with Crippen molar-refractivity contribution in [3.63, 3.8) is 0 Å². The zero-order chi connectivity index (χ0) is 22.0. The van der Waals surface area contributed by atoms with Crippen molar-refractivity contribution in [2.45, 2.75) is 58.8 Å². The molecule has 0 fully saturated rings. The van der Waals surface area contributed by atoms with Crippen molar-refractivity contribution in [2.75, 3.05) is 6.61 Å². The SMILES string of the molecule is C/C(=C\OC(=O)CCC(=O)OCCc1ccccc1)Cc1ccc(C(C)(C)C)cc1. The second kappa shape index (κ2) is 11.3. The first-order valence-corrected chi connectivity index (χ1v) is 10.4. The van der Waals surface area contributed by atoms with Crippen molar-refractivity contribution in [1.82, 2.24) is 0 Å². The van der Waals surface area contributed by atoms with E-state index < -0.39 is 5.97 Å². The molecule has 0 aliphatic carbocycles. The molecular formula is C26H32O4. The van der Waals surface area contributed by atoms with E-state index in [4.69, 9.17) is 9.47 Å². The van der Waals surface area contributed by atoms with Gasteiger partial charge in [-0.3, -0.25) is 9.59 Å². The van der Waals surface area contributed by atoms with E-state index in [1.165, 1.54) is 11.8 Å². The summed E-state index contributed by atoms with van der Waals surface area (Å²) in [6, 6.07) is 18.3. The van der Waals surface area contributed by atoms with Gasteiger partial charge in [0.25, 0.3) is 0 Å². The summed E-state index contributed by atoms with van der Waals surface area (Å²) >= 11 is 0. The highest BCUT2D eigenvalue weighted by Gasteiger charge is 2.13. The predicted molar refractivity (Wildman–Crippen MR) is 119 cm³/mol. The van der Waals surface area contributed by atoms with E-state index in [1.807, 2.05) is 37.3 Å². The Kier molecular flexibility index (Phi) is 8.85. The number of carbonyl (C=O) groups is 2. The quantitative estimate of drug-likeness (QED) is 0.404. The standard InChI is InChI=1S/C26H32O4/c1-20(18-22-10-12-23(13-11-22)26(2,3)4)19-30-25(28)15-14-24(27)29-17-16-21-8-6-5-7-9-21/h5-13,19H,14-18H2,1-4H3/b20-19+. The van der Waals surface area contributed by atoms with Crippen LogP contribution in [0, 0.1) is 0 Å². The lowest BCUT2D eigenvalue weighted by Gasteiger charge is -2.19. The number of benzene rings is 2. The van der Waals surface area contributed by atoms with Crippen LogP contribution in [-0.2, 0) is 37.3 Å². The van der Waals surface area contributed by atoms with Crippen molar-refractivity contribution in [2.24, 2.45) is 0 Å². The molecule has 0 spiro atoms. The highest BCUT2D eigenvalue weighted by Crippen LogP contribution is 2.22. The molecule has 4 heteroatoms. The Hall–Kier alpha value is -2.88. The van der Waals surface area contributed by atoms with E-state index in [1.54, 1.807) is 0 Å². The van der Waals surface area contributed by atoms with Crippen molar-refractivity contribution in [1.29, 1.82) is 0 Å². The van der Waals surface area contributed by atoms with E-state index in [0.29, 0.717) is 19.4 Å². The van der Waals surface area contributed by atoms with Crippen LogP contribution in [0.25, 0.3) is 0 Å². The molecule has 0 aliphatic heterocycles. The fourth-order valence-corrected chi connectivity index (χ4v) is 2.92. The molecule has 0 saturated carbocycles. The number of esters is 2. The van der Waals surface area contributed by atoms with Gasteiger partial charge in [-0.15, -0.1) is 0 Å². The van der Waals surface area contributed by atoms with Gasteiger partial charge in [0.2, 0.25) is 0 Å². The van der Waals surface area contributed by atoms with Gasteiger partial charge < -0.3 is 9.47 Å². The minimum absolute atomic E-state index is 0.00816. The summed E-state index contributed by atoms with van der Waals surface area (Å²) < 4.78 is 10.3. The van der Waals surface area contributed by atoms with Crippen LogP contribution in [0.4, 0.5) is 0 Å². The lowest BCUT2D eigenvalue weighted by atomic mass is 9.86. The number of hydrogen-bond donors (Lipinski definition) is 0. The minimum Gasteiger partial charge on any atom is -0.465 e. The van der Waals surface area contributed by atoms with Crippen LogP contribution in [-0.4, -0.2) is 18.5 Å². The summed E-state index contributed by atoms with van der Waals surface area (Å²) in [6.45, 7) is 8.79. The third-order valence-corrected chi connectivity index (χ3v) is 4.72. The predicted octanol–water partition coefficient (Wildman–Crippen LogP) is 5.54. The molecule has 0 amide bonds. The average molecular weight is 409 g/mol. The molecule has 0 bridgehead atoms. The van der Waals surface area contributed by atoms with Crippen molar-refractivity contribution >= 4 is 11.9 Å². The van der Waals surface area contributed by atoms with Gasteiger partial charge in [-0.2, -0.15) is 0 Å². The van der Waals surface area contributed by atoms with Gasteiger partial charge in [0.05, 0.1) is 25.7 Å². The largest absolute Gasteiger partial charge is 0.465 e. The fraction of sp³-hybridized carbons (Fsp3) is 0.385. The number of hydrogen-bond acceptors (Lipinski definition) is 4. The summed E-state index contributed by atoms with van der Waals surface area (Å²) in [5.41, 5.74) is 4.63. The molecule has 2 aromatic rings. The first-order valence-electron chi connectivity index (χ1n) is 10.4. The Morgan fingerprint density at radius 3 is 2.13 bits per heavy atom. The van der Waals surface area contributed by atoms with Crippen molar-refractivity contribution in [3.8, 4) is 0 Å². The van der Waals surface area contributed by atoms with E-state index >= 15 is 0 Å². The molecular weight excluding hydrogens is 376 g/mol. The molecule has 0 saturated heterocycles. The highest BCUT2D eigenvalue weighted by molar-refractivity contribution is 5.77. The molecule has 30 heavy (non-hydrogen) atoms. The topological polar surface area (TPSA) is 52.6 Å². The molecule has 0 unspecified atom stereocenters. The summed E-state index contributed by atoms with van der Waals surface area (Å²) in [5.74, 6) is -0.819. The molecule has 160 valence electrons. The maximum atomic E-state index is 11.9. The number of allylic oxidation sites excluding steroid dienone is 1. The Bertz CT molecular complexity index is 843. The summed E-state index contributed by atoms with van der Waals surface area (Å²) in [4.78, 5) is 23.6. The van der Waals surface area contributed by atoms with Gasteiger partial charge in [0.15, 0.2) is 0 Å². The zero-order valence-corrected chi connectivity index (χ0v) is 18.4. The van der Waals surface area contributed by atoms with E-state index in [9.17, 15) is 9.59 Å². The van der Waals surface area contributed by atoms with Gasteiger partial charge in [0.1, 0.15) is 0 Å². The Labute approximate surface area is 179 Å². The van der Waals surface area contributed by atoms with Crippen molar-refractivity contribution in [3.05, 3.63) is 83.1 Å². The molecule has 0 N–H and O–H groups in total. The van der Waals surface area contributed by atoms with E-state index in [0.717, 1.165) is 16.7 Å². The number of ether oxygens (including phenoxy) is 2. The second-order valence-corrected chi connectivity index (χ2v) is 8.53. The smallest absolute Gasteiger partial charge is 0.311 e. The van der Waals surface area contributed by atoms with Crippen LogP contribution in [0.3, 0.4) is 0 Å². The Morgan fingerprint density at radius 1 is 0.867 bits per heavy atom. The normalized spacial score (nSPS) is 11.8. The monoisotopic (exact) mass is 408 g/mol. The Balaban J connectivity index is 1.67. The molecule has 2 aromatic carbocycles. The van der Waals surface area contributed by atoms with Crippen LogP contribution >= 0.6 is 0 Å². The minimum atomic E-state index is -0.433. The molecule has 0 radical (unpaired) electrons. The van der Waals surface area contributed by atoms with E-state index in [-0.39, 0.29) is 24.2 Å². The average Bonchev–Trinajstić information content (AvgIpc) is 2.71. The number of rotatable bonds is 9. The zero-order valence-electron chi connectivity index (χ0n) is 18.4. The number of carbonyl (C=O) groups excluding carboxylic acids is 2. The fourth-order valence-electron chi connectivity index (χ4n) is 2.92. The lowest BCUT2D eigenvalue weighted by Crippen LogP contribution is -2.11. The van der Waals surface area contributed by atoms with Gasteiger partial charge in [-0.05, 0) is 41.0 Å². The molecule has 4 nitrogen and oxygen atoms in total. The van der Waals surface area contributed by atoms with Crippen LogP contribution in [0.5, 0.6) is 0 Å². The first kappa shape index (κ1) is 23.4. The van der Waals surface area contributed by atoms with Gasteiger partial charge >= 0.3 is 11.9 Å². The first-order chi connectivity index (χ1) is 14.2. The van der Waals surface area contributed by atoms with Gasteiger partial charge in [-0.25, -0.2) is 0 Å². The lowest BCUT2D eigenvalue weighted by molar-refractivity contribution is -0.147. The molecule has 2 rings (SSSR count). The summed E-state index contributed by atoms with van der Waals surface area (Å²) in [5, 5.41) is 0. The van der Waals surface area contributed by atoms with E-state index in [2.05, 4.69) is 45.0 Å². The van der Waals surface area contributed by atoms with Crippen LogP contribution in [0.1, 0.15) is 57.2 Å². The highest BCUT2D eigenvalue weighted by atomic mass is 16.5. The third kappa shape index (κ3) is 8.64. The van der Waals surface area contributed by atoms with Crippen LogP contribution in [0.15, 0.2) is 66.4 Å². The molecule has 0 atom stereocenters. The maximum Gasteiger partial charge on any atom is 0.311 e. The van der Waals surface area contributed by atoms with Gasteiger partial charge in [-0.1, -0.05) is 75.4 Å². The summed E-state index contributed by atoms with van der Waals surface area (Å²) in [7, 11) is 0. The molecule has 0 heterocycles. The van der Waals surface area contributed by atoms with Gasteiger partial charge in [0, 0.05) is 6.42 Å².